The molecule has 0 fully saturated rings. The first-order valence-corrected chi connectivity index (χ1v) is 8.48. The molecule has 0 aliphatic carbocycles. The fraction of sp³-hybridized carbons (Fsp3) is 0.278. The first kappa shape index (κ1) is 17.1. The second kappa shape index (κ2) is 7.01. The summed E-state index contributed by atoms with van der Waals surface area (Å²) in [4.78, 5) is 16.8. The average Bonchev–Trinajstić information content (AvgIpc) is 2.54. The van der Waals surface area contributed by atoms with Gasteiger partial charge in [0.15, 0.2) is 0 Å². The van der Waals surface area contributed by atoms with E-state index in [1.807, 2.05) is 44.4 Å². The Kier molecular flexibility index (Phi) is 4.99. The Morgan fingerprint density at radius 1 is 1.08 bits per heavy atom. The van der Waals surface area contributed by atoms with Gasteiger partial charge >= 0.3 is 0 Å². The predicted molar refractivity (Wildman–Crippen MR) is 99.0 cm³/mol. The lowest BCUT2D eigenvalue weighted by molar-refractivity contribution is 0.0926. The number of halogens is 2. The minimum Gasteiger partial charge on any atom is -0.345 e. The molecule has 1 aliphatic rings. The highest BCUT2D eigenvalue weighted by molar-refractivity contribution is 6.31. The third kappa shape index (κ3) is 3.51. The van der Waals surface area contributed by atoms with Crippen molar-refractivity contribution in [2.45, 2.75) is 6.17 Å². The first-order valence-electron chi connectivity index (χ1n) is 7.73. The topological polar surface area (TPSA) is 35.6 Å². The van der Waals surface area contributed by atoms with Gasteiger partial charge in [-0.2, -0.15) is 0 Å². The Labute approximate surface area is 152 Å². The van der Waals surface area contributed by atoms with E-state index in [9.17, 15) is 4.79 Å². The third-order valence-electron chi connectivity index (χ3n) is 4.07. The number of carbonyl (C=O) groups excluding carboxylic acids is 1. The van der Waals surface area contributed by atoms with E-state index in [0.717, 1.165) is 24.3 Å². The molecule has 0 unspecified atom stereocenters. The Morgan fingerprint density at radius 3 is 2.42 bits per heavy atom. The summed E-state index contributed by atoms with van der Waals surface area (Å²) < 4.78 is 0. The van der Waals surface area contributed by atoms with Gasteiger partial charge in [-0.25, -0.2) is 0 Å². The largest absolute Gasteiger partial charge is 0.345 e. The molecule has 1 amide bonds. The van der Waals surface area contributed by atoms with Crippen LogP contribution in [0.5, 0.6) is 0 Å². The summed E-state index contributed by atoms with van der Waals surface area (Å²) in [7, 11) is 4.05. The summed E-state index contributed by atoms with van der Waals surface area (Å²) in [5.74, 6) is -0.0947. The van der Waals surface area contributed by atoms with Crippen LogP contribution in [0.3, 0.4) is 0 Å². The molecule has 1 aliphatic heterocycles. The maximum Gasteiger partial charge on any atom is 0.255 e. The summed E-state index contributed by atoms with van der Waals surface area (Å²) >= 11 is 12.2. The number of anilines is 1. The zero-order valence-electron chi connectivity index (χ0n) is 13.6. The van der Waals surface area contributed by atoms with Gasteiger partial charge in [0.2, 0.25) is 0 Å². The standard InChI is InChI=1S/C18H19Cl2N3O/c1-22(2)9-10-23-16-11-14(20)7-8-15(16)18(24)21-17(23)12-3-5-13(19)6-4-12/h3-8,11,17H,9-10H2,1-2H3,(H,21,24)/t17-/m1/s1. The lowest BCUT2D eigenvalue weighted by Gasteiger charge is -2.40. The van der Waals surface area contributed by atoms with Crippen molar-refractivity contribution in [3.05, 3.63) is 63.6 Å². The number of likely N-dealkylation sites (N-methyl/N-ethyl adjacent to an activating group) is 1. The van der Waals surface area contributed by atoms with Gasteiger partial charge < -0.3 is 15.1 Å². The molecule has 0 spiro atoms. The molecule has 1 heterocycles. The third-order valence-corrected chi connectivity index (χ3v) is 4.55. The molecule has 2 aromatic rings. The van der Waals surface area contributed by atoms with E-state index in [-0.39, 0.29) is 12.1 Å². The maximum absolute atomic E-state index is 12.5. The molecule has 0 saturated heterocycles. The first-order chi connectivity index (χ1) is 11.5. The smallest absolute Gasteiger partial charge is 0.255 e. The Hall–Kier alpha value is -1.75. The molecule has 1 atom stereocenters. The van der Waals surface area contributed by atoms with Gasteiger partial charge in [-0.1, -0.05) is 35.3 Å². The molecule has 2 aromatic carbocycles. The van der Waals surface area contributed by atoms with Gasteiger partial charge in [-0.15, -0.1) is 0 Å². The Balaban J connectivity index is 2.03. The highest BCUT2D eigenvalue weighted by Crippen LogP contribution is 2.35. The van der Waals surface area contributed by atoms with Gasteiger partial charge in [-0.3, -0.25) is 4.79 Å². The summed E-state index contributed by atoms with van der Waals surface area (Å²) in [5, 5.41) is 4.37. The Morgan fingerprint density at radius 2 is 1.75 bits per heavy atom. The normalized spacial score (nSPS) is 17.0. The van der Waals surface area contributed by atoms with Crippen LogP contribution in [0.4, 0.5) is 5.69 Å². The van der Waals surface area contributed by atoms with E-state index in [2.05, 4.69) is 15.1 Å². The number of fused-ring (bicyclic) bond motifs is 1. The molecule has 0 aromatic heterocycles. The van der Waals surface area contributed by atoms with Gasteiger partial charge in [-0.05, 0) is 50.0 Å². The van der Waals surface area contributed by atoms with Crippen LogP contribution in [-0.4, -0.2) is 38.0 Å². The van der Waals surface area contributed by atoms with Crippen molar-refractivity contribution in [3.63, 3.8) is 0 Å². The number of hydrogen-bond donors (Lipinski definition) is 1. The highest BCUT2D eigenvalue weighted by atomic mass is 35.5. The highest BCUT2D eigenvalue weighted by Gasteiger charge is 2.31. The van der Waals surface area contributed by atoms with Crippen LogP contribution in [-0.2, 0) is 0 Å². The molecule has 24 heavy (non-hydrogen) atoms. The molecule has 0 saturated carbocycles. The molecular formula is C18H19Cl2N3O. The molecular weight excluding hydrogens is 345 g/mol. The lowest BCUT2D eigenvalue weighted by Crippen LogP contribution is -2.48. The zero-order valence-corrected chi connectivity index (χ0v) is 15.1. The minimum atomic E-state index is -0.249. The van der Waals surface area contributed by atoms with E-state index < -0.39 is 0 Å². The van der Waals surface area contributed by atoms with Gasteiger partial charge in [0.1, 0.15) is 6.17 Å². The Bertz CT molecular complexity index is 746. The van der Waals surface area contributed by atoms with Crippen molar-refractivity contribution in [1.29, 1.82) is 0 Å². The van der Waals surface area contributed by atoms with Crippen molar-refractivity contribution < 1.29 is 4.79 Å². The molecule has 0 bridgehead atoms. The molecule has 6 heteroatoms. The molecule has 126 valence electrons. The van der Waals surface area contributed by atoms with Crippen LogP contribution < -0.4 is 10.2 Å². The summed E-state index contributed by atoms with van der Waals surface area (Å²) in [6, 6.07) is 12.9. The van der Waals surface area contributed by atoms with E-state index >= 15 is 0 Å². The van der Waals surface area contributed by atoms with Gasteiger partial charge in [0.25, 0.3) is 5.91 Å². The average molecular weight is 364 g/mol. The van der Waals surface area contributed by atoms with Crippen LogP contribution in [0.1, 0.15) is 22.1 Å². The molecule has 3 rings (SSSR count). The van der Waals surface area contributed by atoms with Crippen molar-refractivity contribution in [1.82, 2.24) is 10.2 Å². The second-order valence-electron chi connectivity index (χ2n) is 6.09. The number of carbonyl (C=O) groups is 1. The summed E-state index contributed by atoms with van der Waals surface area (Å²) in [6.07, 6.45) is -0.249. The summed E-state index contributed by atoms with van der Waals surface area (Å²) in [5.41, 5.74) is 2.48. The van der Waals surface area contributed by atoms with E-state index in [0.29, 0.717) is 15.6 Å². The van der Waals surface area contributed by atoms with Crippen molar-refractivity contribution in [2.24, 2.45) is 0 Å². The van der Waals surface area contributed by atoms with Gasteiger partial charge in [0, 0.05) is 23.1 Å². The van der Waals surface area contributed by atoms with Crippen LogP contribution in [0.15, 0.2) is 42.5 Å². The zero-order chi connectivity index (χ0) is 17.3. The van der Waals surface area contributed by atoms with Crippen molar-refractivity contribution in [2.75, 3.05) is 32.1 Å². The molecule has 1 N–H and O–H groups in total. The fourth-order valence-corrected chi connectivity index (χ4v) is 3.11. The van der Waals surface area contributed by atoms with Crippen LogP contribution in [0.2, 0.25) is 10.0 Å². The van der Waals surface area contributed by atoms with Crippen molar-refractivity contribution in [3.8, 4) is 0 Å². The second-order valence-corrected chi connectivity index (χ2v) is 6.96. The number of benzene rings is 2. The van der Waals surface area contributed by atoms with Gasteiger partial charge in [0.05, 0.1) is 11.3 Å². The predicted octanol–water partition coefficient (Wildman–Crippen LogP) is 3.80. The number of nitrogens with zero attached hydrogens (tertiary/aromatic N) is 2. The SMILES string of the molecule is CN(C)CCN1c2cc(Cl)ccc2C(=O)N[C@H]1c1ccc(Cl)cc1. The van der Waals surface area contributed by atoms with Crippen LogP contribution in [0, 0.1) is 0 Å². The number of rotatable bonds is 4. The summed E-state index contributed by atoms with van der Waals surface area (Å²) in [6.45, 7) is 1.61. The monoisotopic (exact) mass is 363 g/mol. The molecule has 0 radical (unpaired) electrons. The maximum atomic E-state index is 12.5. The quantitative estimate of drug-likeness (QED) is 0.896. The number of nitrogens with one attached hydrogen (secondary N) is 1. The minimum absolute atomic E-state index is 0.0947. The van der Waals surface area contributed by atoms with Crippen LogP contribution >= 0.6 is 23.2 Å². The van der Waals surface area contributed by atoms with Crippen LogP contribution in [0.25, 0.3) is 0 Å². The van der Waals surface area contributed by atoms with Crippen molar-refractivity contribution >= 4 is 34.8 Å². The lowest BCUT2D eigenvalue weighted by atomic mass is 10.0. The fourth-order valence-electron chi connectivity index (χ4n) is 2.82. The molecule has 4 nitrogen and oxygen atoms in total. The van der Waals surface area contributed by atoms with E-state index in [1.165, 1.54) is 0 Å². The van der Waals surface area contributed by atoms with E-state index in [1.54, 1.807) is 12.1 Å². The number of amides is 1. The number of hydrogen-bond acceptors (Lipinski definition) is 3. The van der Waals surface area contributed by atoms with E-state index in [4.69, 9.17) is 23.2 Å².